The van der Waals surface area contributed by atoms with Crippen molar-refractivity contribution in [2.75, 3.05) is 26.7 Å². The van der Waals surface area contributed by atoms with Crippen molar-refractivity contribution in [3.8, 4) is 5.75 Å². The number of hydrogen-bond donors (Lipinski definition) is 2. The Balaban J connectivity index is 2.50. The summed E-state index contributed by atoms with van der Waals surface area (Å²) in [7, 11) is 1.72. The van der Waals surface area contributed by atoms with E-state index >= 15 is 0 Å². The zero-order valence-electron chi connectivity index (χ0n) is 12.0. The molecule has 1 aromatic carbocycles. The molecule has 18 heavy (non-hydrogen) atoms. The molecule has 0 amide bonds. The van der Waals surface area contributed by atoms with E-state index in [4.69, 9.17) is 10.5 Å². The molecule has 0 aliphatic rings. The predicted octanol–water partition coefficient (Wildman–Crippen LogP) is 2.04. The first-order valence-electron chi connectivity index (χ1n) is 6.63. The van der Waals surface area contributed by atoms with E-state index in [-0.39, 0.29) is 0 Å². The van der Waals surface area contributed by atoms with Crippen LogP contribution in [0.15, 0.2) is 12.1 Å². The summed E-state index contributed by atoms with van der Waals surface area (Å²) in [6.07, 6.45) is 1.05. The predicted molar refractivity (Wildman–Crippen MR) is 77.3 cm³/mol. The van der Waals surface area contributed by atoms with Gasteiger partial charge in [0.25, 0.3) is 0 Å². The number of nitrogens with one attached hydrogen (secondary N) is 1. The fourth-order valence-electron chi connectivity index (χ4n) is 1.99. The molecule has 3 nitrogen and oxygen atoms in total. The molecule has 0 aromatic heterocycles. The molecule has 0 heterocycles. The van der Waals surface area contributed by atoms with Crippen LogP contribution in [0.2, 0.25) is 0 Å². The van der Waals surface area contributed by atoms with E-state index < -0.39 is 0 Å². The number of rotatable bonds is 7. The molecule has 0 aliphatic heterocycles. The topological polar surface area (TPSA) is 47.3 Å². The molecule has 1 atom stereocenters. The molecule has 3 N–H and O–H groups in total. The number of ether oxygens (including phenoxy) is 1. The smallest absolute Gasteiger partial charge is 0.122 e. The van der Waals surface area contributed by atoms with Gasteiger partial charge < -0.3 is 15.8 Å². The van der Waals surface area contributed by atoms with Crippen molar-refractivity contribution < 1.29 is 4.74 Å². The van der Waals surface area contributed by atoms with Crippen LogP contribution in [0.1, 0.15) is 23.6 Å². The standard InChI is InChI=1S/C15H26N2O/c1-11(9-16)10-17-6-5-14-7-13(3)15(18-4)8-12(14)2/h7-8,11,17H,5-6,9-10,16H2,1-4H3. The molecule has 0 spiro atoms. The van der Waals surface area contributed by atoms with Gasteiger partial charge in [-0.3, -0.25) is 0 Å². The highest BCUT2D eigenvalue weighted by Crippen LogP contribution is 2.22. The molecular formula is C15H26N2O. The Kier molecular flexibility index (Phi) is 6.16. The van der Waals surface area contributed by atoms with Crippen LogP contribution in [0.5, 0.6) is 5.75 Å². The highest BCUT2D eigenvalue weighted by atomic mass is 16.5. The molecule has 0 bridgehead atoms. The highest BCUT2D eigenvalue weighted by molar-refractivity contribution is 5.41. The first-order chi connectivity index (χ1) is 8.58. The molecule has 102 valence electrons. The minimum absolute atomic E-state index is 0.545. The van der Waals surface area contributed by atoms with Gasteiger partial charge in [-0.2, -0.15) is 0 Å². The number of nitrogens with two attached hydrogens (primary N) is 1. The van der Waals surface area contributed by atoms with Crippen molar-refractivity contribution in [1.82, 2.24) is 5.32 Å². The second-order valence-electron chi connectivity index (χ2n) is 5.04. The van der Waals surface area contributed by atoms with Crippen LogP contribution in [-0.4, -0.2) is 26.7 Å². The van der Waals surface area contributed by atoms with Crippen molar-refractivity contribution in [3.63, 3.8) is 0 Å². The number of hydrogen-bond acceptors (Lipinski definition) is 3. The van der Waals surface area contributed by atoms with Gasteiger partial charge in [0, 0.05) is 0 Å². The van der Waals surface area contributed by atoms with Crippen molar-refractivity contribution >= 4 is 0 Å². The van der Waals surface area contributed by atoms with Gasteiger partial charge in [0.15, 0.2) is 0 Å². The molecule has 0 saturated carbocycles. The molecule has 0 fully saturated rings. The number of methoxy groups -OCH3 is 1. The molecule has 1 unspecified atom stereocenters. The Morgan fingerprint density at radius 1 is 1.28 bits per heavy atom. The van der Waals surface area contributed by atoms with E-state index in [1.165, 1.54) is 16.7 Å². The van der Waals surface area contributed by atoms with E-state index in [1.807, 2.05) is 0 Å². The Labute approximate surface area is 111 Å². The largest absolute Gasteiger partial charge is 0.496 e. The average molecular weight is 250 g/mol. The molecule has 0 saturated heterocycles. The number of benzene rings is 1. The van der Waals surface area contributed by atoms with Crippen LogP contribution >= 0.6 is 0 Å². The fraction of sp³-hybridized carbons (Fsp3) is 0.600. The maximum Gasteiger partial charge on any atom is 0.122 e. The minimum Gasteiger partial charge on any atom is -0.496 e. The summed E-state index contributed by atoms with van der Waals surface area (Å²) in [5.41, 5.74) is 9.48. The summed E-state index contributed by atoms with van der Waals surface area (Å²) in [6, 6.07) is 4.34. The van der Waals surface area contributed by atoms with Crippen molar-refractivity contribution in [1.29, 1.82) is 0 Å². The molecule has 0 radical (unpaired) electrons. The Morgan fingerprint density at radius 2 is 2.00 bits per heavy atom. The van der Waals surface area contributed by atoms with E-state index in [2.05, 4.69) is 38.2 Å². The normalized spacial score (nSPS) is 12.5. The SMILES string of the molecule is COc1cc(C)c(CCNCC(C)CN)cc1C. The summed E-state index contributed by atoms with van der Waals surface area (Å²) in [5, 5.41) is 3.45. The maximum atomic E-state index is 5.59. The van der Waals surface area contributed by atoms with E-state index in [1.54, 1.807) is 7.11 Å². The highest BCUT2D eigenvalue weighted by Gasteiger charge is 2.05. The summed E-state index contributed by atoms with van der Waals surface area (Å²) in [5.74, 6) is 1.52. The van der Waals surface area contributed by atoms with Crippen molar-refractivity contribution in [3.05, 3.63) is 28.8 Å². The molecule has 0 aliphatic carbocycles. The minimum atomic E-state index is 0.545. The fourth-order valence-corrected chi connectivity index (χ4v) is 1.99. The Hall–Kier alpha value is -1.06. The zero-order valence-corrected chi connectivity index (χ0v) is 12.0. The van der Waals surface area contributed by atoms with Crippen LogP contribution in [0.3, 0.4) is 0 Å². The second kappa shape index (κ2) is 7.39. The molecular weight excluding hydrogens is 224 g/mol. The summed E-state index contributed by atoms with van der Waals surface area (Å²) < 4.78 is 5.32. The van der Waals surface area contributed by atoms with Gasteiger partial charge in [-0.05, 0) is 68.6 Å². The quantitative estimate of drug-likeness (QED) is 0.728. The molecule has 1 rings (SSSR count). The van der Waals surface area contributed by atoms with E-state index in [9.17, 15) is 0 Å². The lowest BCUT2D eigenvalue weighted by Crippen LogP contribution is -2.27. The van der Waals surface area contributed by atoms with Crippen LogP contribution in [0, 0.1) is 19.8 Å². The van der Waals surface area contributed by atoms with Gasteiger partial charge in [-0.1, -0.05) is 13.0 Å². The molecule has 3 heteroatoms. The third-order valence-corrected chi connectivity index (χ3v) is 3.32. The Bertz CT molecular complexity index is 377. The summed E-state index contributed by atoms with van der Waals surface area (Å²) in [4.78, 5) is 0. The molecule has 1 aromatic rings. The lowest BCUT2D eigenvalue weighted by molar-refractivity contribution is 0.411. The summed E-state index contributed by atoms with van der Waals surface area (Å²) >= 11 is 0. The monoisotopic (exact) mass is 250 g/mol. The van der Waals surface area contributed by atoms with Crippen LogP contribution < -0.4 is 15.8 Å². The summed E-state index contributed by atoms with van der Waals surface area (Å²) in [6.45, 7) is 9.12. The Morgan fingerprint density at radius 3 is 2.61 bits per heavy atom. The van der Waals surface area contributed by atoms with Gasteiger partial charge >= 0.3 is 0 Å². The van der Waals surface area contributed by atoms with E-state index in [0.717, 1.165) is 31.8 Å². The van der Waals surface area contributed by atoms with Crippen LogP contribution in [-0.2, 0) is 6.42 Å². The van der Waals surface area contributed by atoms with E-state index in [0.29, 0.717) is 5.92 Å². The lowest BCUT2D eigenvalue weighted by atomic mass is 10.0. The first-order valence-corrected chi connectivity index (χ1v) is 6.63. The lowest BCUT2D eigenvalue weighted by Gasteiger charge is -2.13. The van der Waals surface area contributed by atoms with Crippen molar-refractivity contribution in [2.45, 2.75) is 27.2 Å². The number of aryl methyl sites for hydroxylation is 2. The van der Waals surface area contributed by atoms with Crippen LogP contribution in [0.25, 0.3) is 0 Å². The van der Waals surface area contributed by atoms with Gasteiger partial charge in [-0.15, -0.1) is 0 Å². The first kappa shape index (κ1) is 15.0. The van der Waals surface area contributed by atoms with Gasteiger partial charge in [-0.25, -0.2) is 0 Å². The maximum absolute atomic E-state index is 5.59. The average Bonchev–Trinajstić information content (AvgIpc) is 2.37. The van der Waals surface area contributed by atoms with Gasteiger partial charge in [0.1, 0.15) is 5.75 Å². The third-order valence-electron chi connectivity index (χ3n) is 3.32. The van der Waals surface area contributed by atoms with Gasteiger partial charge in [0.05, 0.1) is 7.11 Å². The zero-order chi connectivity index (χ0) is 13.5. The second-order valence-corrected chi connectivity index (χ2v) is 5.04. The third kappa shape index (κ3) is 4.31. The van der Waals surface area contributed by atoms with Crippen LogP contribution in [0.4, 0.5) is 0 Å². The van der Waals surface area contributed by atoms with Crippen molar-refractivity contribution in [2.24, 2.45) is 11.7 Å². The van der Waals surface area contributed by atoms with Gasteiger partial charge in [0.2, 0.25) is 0 Å².